The van der Waals surface area contributed by atoms with E-state index in [1.54, 1.807) is 47.6 Å². The van der Waals surface area contributed by atoms with Crippen LogP contribution in [0, 0.1) is 5.92 Å². The van der Waals surface area contributed by atoms with E-state index in [0.29, 0.717) is 41.3 Å². The van der Waals surface area contributed by atoms with Crippen LogP contribution in [0.1, 0.15) is 17.2 Å². The lowest BCUT2D eigenvalue weighted by atomic mass is 10.0. The number of rotatable bonds is 7. The molecule has 3 rings (SSSR count). The molecular formula is C19H20Cl2N2O3. The van der Waals surface area contributed by atoms with Gasteiger partial charge in [-0.15, -0.1) is 0 Å². The Balaban J connectivity index is 1.69. The number of carbonyl (C=O) groups excluding carboxylic acids is 1. The number of hydrogen-bond donors (Lipinski definition) is 1. The molecule has 2 aromatic rings. The number of aromatic nitrogens is 1. The molecule has 0 spiro atoms. The molecular weight excluding hydrogens is 375 g/mol. The van der Waals surface area contributed by atoms with Crippen molar-refractivity contribution in [2.45, 2.75) is 12.5 Å². The topological polar surface area (TPSA) is 62.7 Å². The minimum Gasteiger partial charge on any atom is -0.386 e. The molecule has 1 N–H and O–H groups in total. The fraction of sp³-hybridized carbons (Fsp3) is 0.368. The lowest BCUT2D eigenvalue weighted by Gasteiger charge is -2.33. The maximum absolute atomic E-state index is 12.8. The van der Waals surface area contributed by atoms with Crippen molar-refractivity contribution in [3.8, 4) is 0 Å². The van der Waals surface area contributed by atoms with E-state index in [0.717, 1.165) is 5.56 Å². The quantitative estimate of drug-likeness (QED) is 0.783. The largest absolute Gasteiger partial charge is 0.386 e. The van der Waals surface area contributed by atoms with Gasteiger partial charge in [0, 0.05) is 30.4 Å². The second-order valence-corrected chi connectivity index (χ2v) is 7.24. The number of amides is 1. The van der Waals surface area contributed by atoms with Crippen molar-refractivity contribution in [1.82, 2.24) is 9.88 Å². The summed E-state index contributed by atoms with van der Waals surface area (Å²) < 4.78 is 5.21. The van der Waals surface area contributed by atoms with Crippen molar-refractivity contribution in [2.75, 3.05) is 26.3 Å². The summed E-state index contributed by atoms with van der Waals surface area (Å²) in [6, 6.07) is 8.73. The zero-order valence-electron chi connectivity index (χ0n) is 14.1. The molecule has 0 saturated carbocycles. The molecule has 26 heavy (non-hydrogen) atoms. The van der Waals surface area contributed by atoms with Crippen molar-refractivity contribution in [1.29, 1.82) is 0 Å². The predicted octanol–water partition coefficient (Wildman–Crippen LogP) is 3.14. The van der Waals surface area contributed by atoms with Gasteiger partial charge in [0.05, 0.1) is 42.3 Å². The number of halogens is 2. The third-order valence-corrected chi connectivity index (χ3v) is 5.08. The minimum atomic E-state index is -0.789. The van der Waals surface area contributed by atoms with Crippen LogP contribution in [0.5, 0.6) is 0 Å². The SMILES string of the molecule is O=C(Cc1ccc(Cl)c(Cl)c1)N(CC1COC1)CC(O)c1cccnc1. The molecule has 1 atom stereocenters. The Morgan fingerprint density at radius 1 is 1.31 bits per heavy atom. The lowest BCUT2D eigenvalue weighted by molar-refractivity contribution is -0.135. The van der Waals surface area contributed by atoms with Crippen molar-refractivity contribution in [3.63, 3.8) is 0 Å². The Morgan fingerprint density at radius 2 is 2.12 bits per heavy atom. The molecule has 1 saturated heterocycles. The highest BCUT2D eigenvalue weighted by molar-refractivity contribution is 6.42. The summed E-state index contributed by atoms with van der Waals surface area (Å²) in [5.41, 5.74) is 1.47. The molecule has 7 heteroatoms. The summed E-state index contributed by atoms with van der Waals surface area (Å²) in [6.45, 7) is 2.04. The van der Waals surface area contributed by atoms with E-state index in [-0.39, 0.29) is 18.9 Å². The first-order chi connectivity index (χ1) is 12.5. The first kappa shape index (κ1) is 19.1. The molecule has 2 heterocycles. The standard InChI is InChI=1S/C19H20Cl2N2O3/c20-16-4-3-13(6-17(16)21)7-19(25)23(9-14-11-26-12-14)10-18(24)15-2-1-5-22-8-15/h1-6,8,14,18,24H,7,9-12H2. The van der Waals surface area contributed by atoms with E-state index in [4.69, 9.17) is 27.9 Å². The smallest absolute Gasteiger partial charge is 0.227 e. The van der Waals surface area contributed by atoms with Crippen LogP contribution in [-0.2, 0) is 16.0 Å². The first-order valence-corrected chi connectivity index (χ1v) is 9.16. The van der Waals surface area contributed by atoms with Gasteiger partial charge in [-0.2, -0.15) is 0 Å². The lowest BCUT2D eigenvalue weighted by Crippen LogP contribution is -2.44. The third kappa shape index (κ3) is 4.95. The number of nitrogens with zero attached hydrogens (tertiary/aromatic N) is 2. The second kappa shape index (κ2) is 8.82. The summed E-state index contributed by atoms with van der Waals surface area (Å²) in [5.74, 6) is 0.229. The Hall–Kier alpha value is -1.66. The molecule has 0 radical (unpaired) electrons. The second-order valence-electron chi connectivity index (χ2n) is 6.43. The Morgan fingerprint density at radius 3 is 2.73 bits per heavy atom. The van der Waals surface area contributed by atoms with E-state index < -0.39 is 6.10 Å². The van der Waals surface area contributed by atoms with Crippen LogP contribution in [0.25, 0.3) is 0 Å². The fourth-order valence-corrected chi connectivity index (χ4v) is 3.12. The van der Waals surface area contributed by atoms with Gasteiger partial charge in [-0.25, -0.2) is 0 Å². The van der Waals surface area contributed by atoms with Crippen LogP contribution >= 0.6 is 23.2 Å². The number of aliphatic hydroxyl groups is 1. The van der Waals surface area contributed by atoms with Gasteiger partial charge in [0.1, 0.15) is 0 Å². The average Bonchev–Trinajstić information content (AvgIpc) is 2.60. The summed E-state index contributed by atoms with van der Waals surface area (Å²) in [5, 5.41) is 11.4. The molecule has 1 unspecified atom stereocenters. The number of benzene rings is 1. The number of pyridine rings is 1. The van der Waals surface area contributed by atoms with Gasteiger partial charge in [-0.05, 0) is 23.8 Å². The monoisotopic (exact) mass is 394 g/mol. The van der Waals surface area contributed by atoms with Crippen molar-refractivity contribution < 1.29 is 14.6 Å². The van der Waals surface area contributed by atoms with Gasteiger partial charge in [-0.1, -0.05) is 35.3 Å². The molecule has 1 aromatic heterocycles. The van der Waals surface area contributed by atoms with Crippen LogP contribution in [0.2, 0.25) is 10.0 Å². The molecule has 0 bridgehead atoms. The Bertz CT molecular complexity index is 754. The van der Waals surface area contributed by atoms with Crippen LogP contribution in [-0.4, -0.2) is 47.2 Å². The summed E-state index contributed by atoms with van der Waals surface area (Å²) in [4.78, 5) is 18.5. The first-order valence-electron chi connectivity index (χ1n) is 8.40. The zero-order chi connectivity index (χ0) is 18.5. The molecule has 5 nitrogen and oxygen atoms in total. The average molecular weight is 395 g/mol. The van der Waals surface area contributed by atoms with Crippen LogP contribution in [0.3, 0.4) is 0 Å². The minimum absolute atomic E-state index is 0.0711. The van der Waals surface area contributed by atoms with E-state index in [1.807, 2.05) is 0 Å². The molecule has 1 amide bonds. The summed E-state index contributed by atoms with van der Waals surface area (Å²) in [7, 11) is 0. The Labute approximate surface area is 162 Å². The third-order valence-electron chi connectivity index (χ3n) is 4.34. The van der Waals surface area contributed by atoms with Gasteiger partial charge >= 0.3 is 0 Å². The van der Waals surface area contributed by atoms with Crippen LogP contribution in [0.15, 0.2) is 42.7 Å². The Kier molecular flexibility index (Phi) is 6.48. The van der Waals surface area contributed by atoms with E-state index in [9.17, 15) is 9.90 Å². The van der Waals surface area contributed by atoms with Gasteiger partial charge < -0.3 is 14.7 Å². The molecule has 0 aliphatic carbocycles. The maximum atomic E-state index is 12.8. The van der Waals surface area contributed by atoms with E-state index in [2.05, 4.69) is 4.98 Å². The van der Waals surface area contributed by atoms with Crippen molar-refractivity contribution in [3.05, 3.63) is 63.9 Å². The number of ether oxygens (including phenoxy) is 1. The number of carbonyl (C=O) groups is 1. The summed E-state index contributed by atoms with van der Waals surface area (Å²) in [6.07, 6.45) is 2.67. The maximum Gasteiger partial charge on any atom is 0.227 e. The van der Waals surface area contributed by atoms with Crippen LogP contribution in [0.4, 0.5) is 0 Å². The zero-order valence-corrected chi connectivity index (χ0v) is 15.7. The molecule has 1 aromatic carbocycles. The van der Waals surface area contributed by atoms with Gasteiger partial charge in [0.25, 0.3) is 0 Å². The van der Waals surface area contributed by atoms with Gasteiger partial charge in [0.15, 0.2) is 0 Å². The van der Waals surface area contributed by atoms with Crippen LogP contribution < -0.4 is 0 Å². The van der Waals surface area contributed by atoms with E-state index in [1.165, 1.54) is 0 Å². The summed E-state index contributed by atoms with van der Waals surface area (Å²) >= 11 is 12.0. The van der Waals surface area contributed by atoms with Gasteiger partial charge in [-0.3, -0.25) is 9.78 Å². The van der Waals surface area contributed by atoms with Crippen molar-refractivity contribution >= 4 is 29.1 Å². The molecule has 138 valence electrons. The fourth-order valence-electron chi connectivity index (χ4n) is 2.80. The van der Waals surface area contributed by atoms with Crippen molar-refractivity contribution in [2.24, 2.45) is 5.92 Å². The van der Waals surface area contributed by atoms with E-state index >= 15 is 0 Å². The number of aliphatic hydroxyl groups excluding tert-OH is 1. The predicted molar refractivity (Wildman–Crippen MR) is 100 cm³/mol. The highest BCUT2D eigenvalue weighted by Gasteiger charge is 2.26. The van der Waals surface area contributed by atoms with Gasteiger partial charge in [0.2, 0.25) is 5.91 Å². The number of hydrogen-bond acceptors (Lipinski definition) is 4. The molecule has 1 fully saturated rings. The highest BCUT2D eigenvalue weighted by atomic mass is 35.5. The molecule has 1 aliphatic rings. The highest BCUT2D eigenvalue weighted by Crippen LogP contribution is 2.24. The molecule has 1 aliphatic heterocycles. The normalized spacial score (nSPS) is 15.3.